The van der Waals surface area contributed by atoms with Crippen LogP contribution in [0, 0.1) is 0 Å². The van der Waals surface area contributed by atoms with Gasteiger partial charge in [0.1, 0.15) is 25.2 Å². The summed E-state index contributed by atoms with van der Waals surface area (Å²) >= 11 is 0. The zero-order valence-electron chi connectivity index (χ0n) is 22.4. The molecular weight excluding hydrogens is 500 g/mol. The Balaban J connectivity index is 1.69. The first-order chi connectivity index (χ1) is 18.6. The van der Waals surface area contributed by atoms with Crippen molar-refractivity contribution in [1.82, 2.24) is 0 Å². The van der Waals surface area contributed by atoms with Crippen LogP contribution in [0.25, 0.3) is 0 Å². The first-order valence-corrected chi connectivity index (χ1v) is 12.7. The van der Waals surface area contributed by atoms with Crippen LogP contribution in [0.3, 0.4) is 0 Å². The zero-order chi connectivity index (χ0) is 27.5. The van der Waals surface area contributed by atoms with Crippen LogP contribution < -0.4 is 4.74 Å². The van der Waals surface area contributed by atoms with Crippen LogP contribution in [0.4, 0.5) is 0 Å². The summed E-state index contributed by atoms with van der Waals surface area (Å²) < 4.78 is 48.3. The third kappa shape index (κ3) is 20.7. The number of carbonyl (C=O) groups is 2. The highest BCUT2D eigenvalue weighted by Gasteiger charge is 2.02. The highest BCUT2D eigenvalue weighted by atomic mass is 16.6. The van der Waals surface area contributed by atoms with Crippen molar-refractivity contribution >= 4 is 12.3 Å². The lowest BCUT2D eigenvalue weighted by Gasteiger charge is -2.09. The van der Waals surface area contributed by atoms with Crippen LogP contribution >= 0.6 is 0 Å². The molecule has 1 aromatic rings. The van der Waals surface area contributed by atoms with Gasteiger partial charge in [-0.05, 0) is 31.2 Å². The molecule has 0 aliphatic heterocycles. The second-order valence-corrected chi connectivity index (χ2v) is 7.74. The molecule has 0 amide bonds. The summed E-state index contributed by atoms with van der Waals surface area (Å²) in [5.41, 5.74) is 0.983. The van der Waals surface area contributed by atoms with E-state index in [-0.39, 0.29) is 6.61 Å². The highest BCUT2D eigenvalue weighted by molar-refractivity contribution is 5.86. The number of ether oxygens (including phenoxy) is 9. The molecule has 0 radical (unpaired) electrons. The van der Waals surface area contributed by atoms with Gasteiger partial charge < -0.3 is 42.6 Å². The van der Waals surface area contributed by atoms with E-state index in [4.69, 9.17) is 42.6 Å². The molecule has 0 saturated carbocycles. The lowest BCUT2D eigenvalue weighted by Crippen LogP contribution is -2.15. The van der Waals surface area contributed by atoms with Crippen molar-refractivity contribution in [2.45, 2.75) is 6.92 Å². The van der Waals surface area contributed by atoms with Crippen molar-refractivity contribution in [2.24, 2.45) is 0 Å². The average Bonchev–Trinajstić information content (AvgIpc) is 2.93. The molecule has 0 unspecified atom stereocenters. The van der Waals surface area contributed by atoms with E-state index in [9.17, 15) is 9.59 Å². The molecule has 0 spiro atoms. The standard InChI is InChI=1S/C27H42O11/c1-24(2)27(29)38-22-20-36-18-16-34-14-12-32-10-8-30-7-9-31-11-13-33-15-17-35-19-21-37-26-5-3-25(23-28)4-6-26/h3-6,23H,1,7-22H2,2H3. The molecule has 0 heterocycles. The molecule has 1 rings (SSSR count). The summed E-state index contributed by atoms with van der Waals surface area (Å²) in [6.45, 7) is 12.2. The molecular formula is C27H42O11. The Morgan fingerprint density at radius 1 is 0.605 bits per heavy atom. The number of aldehydes is 1. The van der Waals surface area contributed by atoms with Crippen molar-refractivity contribution in [2.75, 3.05) is 106 Å². The van der Waals surface area contributed by atoms with E-state index in [0.29, 0.717) is 116 Å². The predicted molar refractivity (Wildman–Crippen MR) is 139 cm³/mol. The Morgan fingerprint density at radius 2 is 0.947 bits per heavy atom. The summed E-state index contributed by atoms with van der Waals surface area (Å²) in [4.78, 5) is 21.8. The number of esters is 1. The lowest BCUT2D eigenvalue weighted by atomic mass is 10.2. The van der Waals surface area contributed by atoms with Crippen LogP contribution in [0.15, 0.2) is 36.4 Å². The quantitative estimate of drug-likeness (QED) is 0.0704. The molecule has 0 saturated heterocycles. The molecule has 216 valence electrons. The van der Waals surface area contributed by atoms with Gasteiger partial charge in [0, 0.05) is 11.1 Å². The average molecular weight is 543 g/mol. The van der Waals surface area contributed by atoms with Gasteiger partial charge >= 0.3 is 5.97 Å². The Hall–Kier alpha value is -2.38. The van der Waals surface area contributed by atoms with Crippen molar-refractivity contribution in [3.8, 4) is 5.75 Å². The molecule has 11 heteroatoms. The molecule has 0 aliphatic carbocycles. The molecule has 11 nitrogen and oxygen atoms in total. The summed E-state index contributed by atoms with van der Waals surface area (Å²) in [6.07, 6.45) is 0.794. The van der Waals surface area contributed by atoms with E-state index < -0.39 is 5.97 Å². The summed E-state index contributed by atoms with van der Waals surface area (Å²) in [6, 6.07) is 6.91. The molecule has 0 aliphatic rings. The fourth-order valence-electron chi connectivity index (χ4n) is 2.60. The number of hydrogen-bond donors (Lipinski definition) is 0. The Bertz CT molecular complexity index is 724. The normalized spacial score (nSPS) is 10.9. The molecule has 0 aromatic heterocycles. The summed E-state index contributed by atoms with van der Waals surface area (Å²) in [7, 11) is 0. The first kappa shape index (κ1) is 33.6. The minimum Gasteiger partial charge on any atom is -0.491 e. The first-order valence-electron chi connectivity index (χ1n) is 12.7. The van der Waals surface area contributed by atoms with Gasteiger partial charge in [0.05, 0.1) is 92.5 Å². The molecule has 0 N–H and O–H groups in total. The third-order valence-corrected chi connectivity index (χ3v) is 4.55. The van der Waals surface area contributed by atoms with Gasteiger partial charge in [0.2, 0.25) is 0 Å². The molecule has 38 heavy (non-hydrogen) atoms. The zero-order valence-corrected chi connectivity index (χ0v) is 22.4. The van der Waals surface area contributed by atoms with Crippen LogP contribution in [-0.4, -0.2) is 118 Å². The van der Waals surface area contributed by atoms with E-state index in [2.05, 4.69) is 6.58 Å². The topological polar surface area (TPSA) is 117 Å². The lowest BCUT2D eigenvalue weighted by molar-refractivity contribution is -0.140. The van der Waals surface area contributed by atoms with E-state index in [1.54, 1.807) is 31.2 Å². The minimum absolute atomic E-state index is 0.198. The molecule has 0 fully saturated rings. The smallest absolute Gasteiger partial charge is 0.333 e. The van der Waals surface area contributed by atoms with Crippen molar-refractivity contribution in [3.05, 3.63) is 42.0 Å². The summed E-state index contributed by atoms with van der Waals surface area (Å²) in [5, 5.41) is 0. The van der Waals surface area contributed by atoms with E-state index >= 15 is 0 Å². The number of hydrogen-bond acceptors (Lipinski definition) is 11. The van der Waals surface area contributed by atoms with Gasteiger partial charge in [0.15, 0.2) is 0 Å². The molecule has 1 aromatic carbocycles. The fourth-order valence-corrected chi connectivity index (χ4v) is 2.60. The Labute approximate surface area is 225 Å². The number of rotatable bonds is 27. The third-order valence-electron chi connectivity index (χ3n) is 4.55. The van der Waals surface area contributed by atoms with Gasteiger partial charge in [-0.3, -0.25) is 4.79 Å². The second-order valence-electron chi connectivity index (χ2n) is 7.74. The maximum atomic E-state index is 11.2. The van der Waals surface area contributed by atoms with Crippen LogP contribution in [0.2, 0.25) is 0 Å². The highest BCUT2D eigenvalue weighted by Crippen LogP contribution is 2.10. The number of benzene rings is 1. The van der Waals surface area contributed by atoms with Gasteiger partial charge in [-0.1, -0.05) is 6.58 Å². The summed E-state index contributed by atoms with van der Waals surface area (Å²) in [5.74, 6) is 0.286. The van der Waals surface area contributed by atoms with E-state index in [1.165, 1.54) is 0 Å². The van der Waals surface area contributed by atoms with Crippen molar-refractivity contribution < 1.29 is 52.2 Å². The van der Waals surface area contributed by atoms with Crippen molar-refractivity contribution in [3.63, 3.8) is 0 Å². The van der Waals surface area contributed by atoms with Gasteiger partial charge in [-0.15, -0.1) is 0 Å². The van der Waals surface area contributed by atoms with Crippen LogP contribution in [-0.2, 0) is 42.7 Å². The van der Waals surface area contributed by atoms with Gasteiger partial charge in [-0.2, -0.15) is 0 Å². The van der Waals surface area contributed by atoms with Crippen LogP contribution in [0.5, 0.6) is 5.75 Å². The SMILES string of the molecule is C=C(C)C(=O)OCCOCCOCCOCCOCCOCCOCCOCCOc1ccc(C=O)cc1. The Morgan fingerprint density at radius 3 is 1.29 bits per heavy atom. The van der Waals surface area contributed by atoms with E-state index in [0.717, 1.165) is 6.29 Å². The van der Waals surface area contributed by atoms with Crippen LogP contribution in [0.1, 0.15) is 17.3 Å². The Kier molecular flexibility index (Phi) is 22.1. The predicted octanol–water partition coefficient (Wildman–Crippen LogP) is 2.11. The second kappa shape index (κ2) is 24.9. The number of carbonyl (C=O) groups excluding carboxylic acids is 2. The monoisotopic (exact) mass is 542 g/mol. The van der Waals surface area contributed by atoms with Gasteiger partial charge in [-0.25, -0.2) is 4.79 Å². The fraction of sp³-hybridized carbons (Fsp3) is 0.630. The van der Waals surface area contributed by atoms with Crippen molar-refractivity contribution in [1.29, 1.82) is 0 Å². The maximum Gasteiger partial charge on any atom is 0.333 e. The maximum absolute atomic E-state index is 11.2. The van der Waals surface area contributed by atoms with E-state index in [1.807, 2.05) is 0 Å². The molecule has 0 bridgehead atoms. The minimum atomic E-state index is -0.414. The largest absolute Gasteiger partial charge is 0.491 e. The van der Waals surface area contributed by atoms with Gasteiger partial charge in [0.25, 0.3) is 0 Å². The molecule has 0 atom stereocenters.